The second-order valence-corrected chi connectivity index (χ2v) is 6.90. The first-order valence-corrected chi connectivity index (χ1v) is 8.39. The van der Waals surface area contributed by atoms with Crippen LogP contribution < -0.4 is 5.32 Å². The van der Waals surface area contributed by atoms with E-state index in [1.807, 2.05) is 0 Å². The quantitative estimate of drug-likeness (QED) is 0.733. The number of carbonyl (C=O) groups excluding carboxylic acids is 1. The summed E-state index contributed by atoms with van der Waals surface area (Å²) in [6.45, 7) is 7.98. The van der Waals surface area contributed by atoms with Gasteiger partial charge in [-0.25, -0.2) is 4.79 Å². The molecule has 23 heavy (non-hydrogen) atoms. The fourth-order valence-electron chi connectivity index (χ4n) is 2.53. The number of carboxylic acid groups (broad SMARTS) is 1. The number of benzene rings is 1. The zero-order chi connectivity index (χ0) is 17.4. The molecule has 0 aliphatic heterocycles. The highest BCUT2D eigenvalue weighted by atomic mass is 16.4. The van der Waals surface area contributed by atoms with Crippen LogP contribution in [0.1, 0.15) is 51.7 Å². The number of carbonyl (C=O) groups is 2. The summed E-state index contributed by atoms with van der Waals surface area (Å²) in [6, 6.07) is 7.72. The van der Waals surface area contributed by atoms with Crippen molar-refractivity contribution < 1.29 is 14.7 Å². The van der Waals surface area contributed by atoms with Crippen molar-refractivity contribution in [3.05, 3.63) is 35.4 Å². The van der Waals surface area contributed by atoms with Crippen molar-refractivity contribution in [1.29, 1.82) is 0 Å². The molecule has 0 saturated heterocycles. The Morgan fingerprint density at radius 3 is 2.09 bits per heavy atom. The van der Waals surface area contributed by atoms with Crippen molar-refractivity contribution in [1.82, 2.24) is 5.32 Å². The van der Waals surface area contributed by atoms with Gasteiger partial charge in [-0.2, -0.15) is 0 Å². The molecule has 0 spiro atoms. The summed E-state index contributed by atoms with van der Waals surface area (Å²) in [4.78, 5) is 22.9. The topological polar surface area (TPSA) is 66.4 Å². The number of hydrogen-bond donors (Lipinski definition) is 2. The molecule has 1 atom stereocenters. The monoisotopic (exact) mass is 319 g/mol. The van der Waals surface area contributed by atoms with E-state index in [0.717, 1.165) is 19.3 Å². The van der Waals surface area contributed by atoms with Crippen LogP contribution in [0, 0.1) is 11.8 Å². The fraction of sp³-hybridized carbons (Fsp3) is 0.579. The lowest BCUT2D eigenvalue weighted by atomic mass is 10.00. The van der Waals surface area contributed by atoms with Crippen LogP contribution in [-0.2, 0) is 22.4 Å². The lowest BCUT2D eigenvalue weighted by Gasteiger charge is -2.17. The molecule has 0 aliphatic carbocycles. The number of carboxylic acids is 1. The van der Waals surface area contributed by atoms with Gasteiger partial charge in [0.2, 0.25) is 5.91 Å². The summed E-state index contributed by atoms with van der Waals surface area (Å²) < 4.78 is 0. The Morgan fingerprint density at radius 1 is 1.04 bits per heavy atom. The van der Waals surface area contributed by atoms with Crippen molar-refractivity contribution in [2.75, 3.05) is 0 Å². The van der Waals surface area contributed by atoms with Crippen molar-refractivity contribution in [3.63, 3.8) is 0 Å². The summed E-state index contributed by atoms with van der Waals surface area (Å²) in [5.41, 5.74) is 2.55. The van der Waals surface area contributed by atoms with E-state index in [2.05, 4.69) is 43.4 Å². The molecule has 0 heterocycles. The fourth-order valence-corrected chi connectivity index (χ4v) is 2.53. The first-order valence-electron chi connectivity index (χ1n) is 8.39. The summed E-state index contributed by atoms with van der Waals surface area (Å²) in [6.07, 6.45) is 2.98. The van der Waals surface area contributed by atoms with E-state index in [9.17, 15) is 9.59 Å². The van der Waals surface area contributed by atoms with E-state index in [-0.39, 0.29) is 11.8 Å². The molecule has 4 heteroatoms. The predicted octanol–water partition coefficient (Wildman–Crippen LogP) is 3.43. The first-order chi connectivity index (χ1) is 10.8. The Kier molecular flexibility index (Phi) is 7.79. The molecular formula is C19H29NO3. The van der Waals surface area contributed by atoms with Gasteiger partial charge in [-0.05, 0) is 42.2 Å². The van der Waals surface area contributed by atoms with Crippen molar-refractivity contribution in [2.45, 2.75) is 59.4 Å². The van der Waals surface area contributed by atoms with Gasteiger partial charge in [-0.15, -0.1) is 0 Å². The second-order valence-electron chi connectivity index (χ2n) is 6.90. The lowest BCUT2D eigenvalue weighted by Crippen LogP contribution is -2.44. The van der Waals surface area contributed by atoms with E-state index in [1.54, 1.807) is 13.8 Å². The Bertz CT molecular complexity index is 506. The van der Waals surface area contributed by atoms with Gasteiger partial charge in [0.25, 0.3) is 0 Å². The van der Waals surface area contributed by atoms with Crippen LogP contribution in [0.3, 0.4) is 0 Å². The van der Waals surface area contributed by atoms with Crippen LogP contribution in [0.4, 0.5) is 0 Å². The smallest absolute Gasteiger partial charge is 0.326 e. The van der Waals surface area contributed by atoms with E-state index < -0.39 is 12.0 Å². The lowest BCUT2D eigenvalue weighted by molar-refractivity contribution is -0.143. The van der Waals surface area contributed by atoms with E-state index in [0.29, 0.717) is 12.3 Å². The highest BCUT2D eigenvalue weighted by molar-refractivity contribution is 5.83. The third-order valence-electron chi connectivity index (χ3n) is 3.79. The number of hydrogen-bond acceptors (Lipinski definition) is 2. The van der Waals surface area contributed by atoms with Gasteiger partial charge < -0.3 is 10.4 Å². The Labute approximate surface area is 139 Å². The third kappa shape index (κ3) is 7.31. The molecule has 0 aromatic heterocycles. The van der Waals surface area contributed by atoms with Gasteiger partial charge in [0.1, 0.15) is 6.04 Å². The van der Waals surface area contributed by atoms with Gasteiger partial charge in [-0.1, -0.05) is 52.0 Å². The van der Waals surface area contributed by atoms with Crippen LogP contribution in [0.5, 0.6) is 0 Å². The minimum absolute atomic E-state index is 0.120. The molecule has 1 unspecified atom stereocenters. The average molecular weight is 319 g/mol. The maximum Gasteiger partial charge on any atom is 0.326 e. The number of amides is 1. The molecule has 0 bridgehead atoms. The van der Waals surface area contributed by atoms with E-state index in [4.69, 9.17) is 5.11 Å². The minimum Gasteiger partial charge on any atom is -0.480 e. The van der Waals surface area contributed by atoms with Gasteiger partial charge in [0.05, 0.1) is 0 Å². The molecule has 1 aromatic rings. The number of rotatable bonds is 9. The SMILES string of the molecule is CC(C)Cc1ccc(CCCC(=O)NC(C(=O)O)C(C)C)cc1. The van der Waals surface area contributed by atoms with Crippen LogP contribution in [0.15, 0.2) is 24.3 Å². The molecule has 0 aliphatic rings. The number of nitrogens with one attached hydrogen (secondary N) is 1. The highest BCUT2D eigenvalue weighted by Crippen LogP contribution is 2.12. The highest BCUT2D eigenvalue weighted by Gasteiger charge is 2.22. The van der Waals surface area contributed by atoms with Crippen LogP contribution in [0.25, 0.3) is 0 Å². The summed E-state index contributed by atoms with van der Waals surface area (Å²) in [5.74, 6) is -0.644. The molecule has 128 valence electrons. The first kappa shape index (κ1) is 19.2. The van der Waals surface area contributed by atoms with E-state index in [1.165, 1.54) is 11.1 Å². The van der Waals surface area contributed by atoms with Crippen LogP contribution in [-0.4, -0.2) is 23.0 Å². The maximum atomic E-state index is 11.9. The summed E-state index contributed by atoms with van der Waals surface area (Å²) in [5, 5.41) is 11.7. The van der Waals surface area contributed by atoms with Crippen molar-refractivity contribution in [3.8, 4) is 0 Å². The Morgan fingerprint density at radius 2 is 1.61 bits per heavy atom. The molecule has 1 amide bonds. The largest absolute Gasteiger partial charge is 0.480 e. The standard InChI is InChI=1S/C19H29NO3/c1-13(2)12-16-10-8-15(9-11-16)6-5-7-17(21)20-18(14(3)4)19(22)23/h8-11,13-14,18H,5-7,12H2,1-4H3,(H,20,21)(H,22,23). The van der Waals surface area contributed by atoms with Gasteiger partial charge >= 0.3 is 5.97 Å². The predicted molar refractivity (Wildman–Crippen MR) is 92.3 cm³/mol. The second kappa shape index (κ2) is 9.33. The molecule has 1 aromatic carbocycles. The maximum absolute atomic E-state index is 11.9. The van der Waals surface area contributed by atoms with E-state index >= 15 is 0 Å². The Hall–Kier alpha value is -1.84. The van der Waals surface area contributed by atoms with Crippen molar-refractivity contribution in [2.24, 2.45) is 11.8 Å². The summed E-state index contributed by atoms with van der Waals surface area (Å²) >= 11 is 0. The van der Waals surface area contributed by atoms with Gasteiger partial charge in [-0.3, -0.25) is 4.79 Å². The molecule has 2 N–H and O–H groups in total. The molecular weight excluding hydrogens is 290 g/mol. The van der Waals surface area contributed by atoms with Crippen LogP contribution in [0.2, 0.25) is 0 Å². The minimum atomic E-state index is -0.978. The van der Waals surface area contributed by atoms with Crippen molar-refractivity contribution >= 4 is 11.9 Å². The zero-order valence-electron chi connectivity index (χ0n) is 14.6. The number of aryl methyl sites for hydroxylation is 1. The molecule has 0 fully saturated rings. The molecule has 1 rings (SSSR count). The number of aliphatic carboxylic acids is 1. The average Bonchev–Trinajstić information content (AvgIpc) is 2.45. The molecule has 0 radical (unpaired) electrons. The zero-order valence-corrected chi connectivity index (χ0v) is 14.6. The van der Waals surface area contributed by atoms with Gasteiger partial charge in [0.15, 0.2) is 0 Å². The van der Waals surface area contributed by atoms with Gasteiger partial charge in [0, 0.05) is 6.42 Å². The Balaban J connectivity index is 2.38. The summed E-state index contributed by atoms with van der Waals surface area (Å²) in [7, 11) is 0. The third-order valence-corrected chi connectivity index (χ3v) is 3.79. The molecule has 0 saturated carbocycles. The normalized spacial score (nSPS) is 12.4. The molecule has 4 nitrogen and oxygen atoms in total. The van der Waals surface area contributed by atoms with Crippen LogP contribution >= 0.6 is 0 Å².